The summed E-state index contributed by atoms with van der Waals surface area (Å²) in [5.41, 5.74) is 8.25. The number of hydrogen-bond acceptors (Lipinski definition) is 2. The Labute approximate surface area is 92.9 Å². The lowest BCUT2D eigenvalue weighted by atomic mass is 10.0. The van der Waals surface area contributed by atoms with Crippen LogP contribution in [0.5, 0.6) is 0 Å². The van der Waals surface area contributed by atoms with Crippen LogP contribution in [0, 0.1) is 0 Å². The van der Waals surface area contributed by atoms with Crippen molar-refractivity contribution >= 4 is 0 Å². The quantitative estimate of drug-likeness (QED) is 0.749. The summed E-state index contributed by atoms with van der Waals surface area (Å²) in [7, 11) is 0. The molecule has 0 amide bonds. The summed E-state index contributed by atoms with van der Waals surface area (Å²) in [6, 6.07) is 9.30. The van der Waals surface area contributed by atoms with Gasteiger partial charge in [0.25, 0.3) is 0 Å². The minimum atomic E-state index is 0.444. The lowest BCUT2D eigenvalue weighted by molar-refractivity contribution is 0.527. The Bertz CT molecular complexity index is 266. The number of nitrogens with two attached hydrogens (primary N) is 1. The van der Waals surface area contributed by atoms with E-state index in [0.717, 1.165) is 19.4 Å². The molecule has 0 bridgehead atoms. The van der Waals surface area contributed by atoms with Gasteiger partial charge in [0.05, 0.1) is 0 Å². The molecule has 2 heteroatoms. The summed E-state index contributed by atoms with van der Waals surface area (Å²) in [6.45, 7) is 5.96. The first kappa shape index (κ1) is 12.2. The fourth-order valence-electron chi connectivity index (χ4n) is 1.74. The second-order valence-corrected chi connectivity index (χ2v) is 3.80. The van der Waals surface area contributed by atoms with Crippen LogP contribution in [-0.4, -0.2) is 13.1 Å². The molecule has 0 fully saturated rings. The van der Waals surface area contributed by atoms with E-state index in [4.69, 9.17) is 5.73 Å². The first-order valence-corrected chi connectivity index (χ1v) is 5.84. The molecule has 0 heterocycles. The van der Waals surface area contributed by atoms with Crippen molar-refractivity contribution in [3.8, 4) is 0 Å². The molecule has 0 saturated carbocycles. The van der Waals surface area contributed by atoms with Crippen LogP contribution < -0.4 is 11.1 Å². The number of aryl methyl sites for hydroxylation is 1. The highest BCUT2D eigenvalue weighted by Gasteiger charge is 2.06. The van der Waals surface area contributed by atoms with E-state index in [1.807, 2.05) is 0 Å². The zero-order valence-electron chi connectivity index (χ0n) is 9.79. The lowest BCUT2D eigenvalue weighted by Crippen LogP contribution is -2.26. The predicted octanol–water partition coefficient (Wildman–Crippen LogP) is 2.25. The Kier molecular flexibility index (Phi) is 5.37. The monoisotopic (exact) mass is 206 g/mol. The molecule has 2 nitrogen and oxygen atoms in total. The first-order chi connectivity index (χ1) is 7.31. The zero-order chi connectivity index (χ0) is 11.1. The van der Waals surface area contributed by atoms with E-state index in [1.54, 1.807) is 0 Å². The predicted molar refractivity (Wildman–Crippen MR) is 65.9 cm³/mol. The Morgan fingerprint density at radius 2 is 1.87 bits per heavy atom. The Morgan fingerprint density at radius 1 is 1.20 bits per heavy atom. The van der Waals surface area contributed by atoms with E-state index < -0.39 is 0 Å². The summed E-state index contributed by atoms with van der Waals surface area (Å²) in [5, 5.41) is 3.45. The molecule has 1 aromatic carbocycles. The molecule has 3 N–H and O–H groups in total. The van der Waals surface area contributed by atoms with Gasteiger partial charge in [0.2, 0.25) is 0 Å². The summed E-state index contributed by atoms with van der Waals surface area (Å²) in [6.07, 6.45) is 2.21. The van der Waals surface area contributed by atoms with E-state index in [9.17, 15) is 0 Å². The van der Waals surface area contributed by atoms with Gasteiger partial charge >= 0.3 is 0 Å². The van der Waals surface area contributed by atoms with Gasteiger partial charge in [-0.1, -0.05) is 38.1 Å². The zero-order valence-corrected chi connectivity index (χ0v) is 9.79. The molecule has 1 atom stereocenters. The van der Waals surface area contributed by atoms with Crippen molar-refractivity contribution in [1.29, 1.82) is 0 Å². The minimum Gasteiger partial charge on any atom is -0.329 e. The van der Waals surface area contributed by atoms with Crippen molar-refractivity contribution in [2.45, 2.75) is 32.7 Å². The number of rotatable bonds is 6. The van der Waals surface area contributed by atoms with Crippen LogP contribution >= 0.6 is 0 Å². The van der Waals surface area contributed by atoms with E-state index in [2.05, 4.69) is 43.4 Å². The molecule has 0 radical (unpaired) electrons. The van der Waals surface area contributed by atoms with Crippen LogP contribution in [0.3, 0.4) is 0 Å². The second-order valence-electron chi connectivity index (χ2n) is 3.80. The highest BCUT2D eigenvalue weighted by Crippen LogP contribution is 2.16. The first-order valence-electron chi connectivity index (χ1n) is 5.84. The van der Waals surface area contributed by atoms with Crippen LogP contribution in [0.4, 0.5) is 0 Å². The summed E-state index contributed by atoms with van der Waals surface area (Å²) in [4.78, 5) is 0. The maximum Gasteiger partial charge on any atom is 0.0318 e. The Balaban J connectivity index is 2.65. The van der Waals surface area contributed by atoms with Gasteiger partial charge in [0.15, 0.2) is 0 Å². The van der Waals surface area contributed by atoms with E-state index in [0.29, 0.717) is 12.6 Å². The van der Waals surface area contributed by atoms with Gasteiger partial charge in [0, 0.05) is 19.1 Å². The largest absolute Gasteiger partial charge is 0.329 e. The number of hydrogen-bond donors (Lipinski definition) is 2. The SMILES string of the molecule is CCc1ccc(C(CC)NCCN)cc1. The van der Waals surface area contributed by atoms with Crippen molar-refractivity contribution in [3.05, 3.63) is 35.4 Å². The fourth-order valence-corrected chi connectivity index (χ4v) is 1.74. The van der Waals surface area contributed by atoms with Crippen LogP contribution in [0.25, 0.3) is 0 Å². The topological polar surface area (TPSA) is 38.0 Å². The van der Waals surface area contributed by atoms with Gasteiger partial charge < -0.3 is 11.1 Å². The van der Waals surface area contributed by atoms with E-state index in [-0.39, 0.29) is 0 Å². The fraction of sp³-hybridized carbons (Fsp3) is 0.538. The van der Waals surface area contributed by atoms with Crippen molar-refractivity contribution in [3.63, 3.8) is 0 Å². The molecule has 1 aromatic rings. The molecule has 0 aliphatic heterocycles. The van der Waals surface area contributed by atoms with Crippen LogP contribution in [0.2, 0.25) is 0 Å². The highest BCUT2D eigenvalue weighted by molar-refractivity contribution is 5.24. The standard InChI is InChI=1S/C13H22N2/c1-3-11-5-7-12(8-6-11)13(4-2)15-10-9-14/h5-8,13,15H,3-4,9-10,14H2,1-2H3. The molecular weight excluding hydrogens is 184 g/mol. The molecule has 0 spiro atoms. The van der Waals surface area contributed by atoms with Crippen molar-refractivity contribution in [2.75, 3.05) is 13.1 Å². The molecule has 1 unspecified atom stereocenters. The van der Waals surface area contributed by atoms with Gasteiger partial charge in [-0.3, -0.25) is 0 Å². The normalized spacial score (nSPS) is 12.7. The van der Waals surface area contributed by atoms with Gasteiger partial charge in [-0.2, -0.15) is 0 Å². The van der Waals surface area contributed by atoms with E-state index in [1.165, 1.54) is 11.1 Å². The third-order valence-corrected chi connectivity index (χ3v) is 2.73. The smallest absolute Gasteiger partial charge is 0.0318 e. The van der Waals surface area contributed by atoms with Crippen molar-refractivity contribution < 1.29 is 0 Å². The lowest BCUT2D eigenvalue weighted by Gasteiger charge is -2.17. The molecular formula is C13H22N2. The van der Waals surface area contributed by atoms with Gasteiger partial charge in [-0.25, -0.2) is 0 Å². The Hall–Kier alpha value is -0.860. The molecule has 0 saturated heterocycles. The number of nitrogens with one attached hydrogen (secondary N) is 1. The highest BCUT2D eigenvalue weighted by atomic mass is 14.9. The molecule has 0 aromatic heterocycles. The molecule has 84 valence electrons. The van der Waals surface area contributed by atoms with Gasteiger partial charge in [-0.05, 0) is 24.0 Å². The molecule has 15 heavy (non-hydrogen) atoms. The third-order valence-electron chi connectivity index (χ3n) is 2.73. The third kappa shape index (κ3) is 3.65. The Morgan fingerprint density at radius 3 is 2.33 bits per heavy atom. The number of benzene rings is 1. The van der Waals surface area contributed by atoms with E-state index >= 15 is 0 Å². The van der Waals surface area contributed by atoms with Crippen LogP contribution in [0.1, 0.15) is 37.4 Å². The average Bonchev–Trinajstić information content (AvgIpc) is 2.31. The van der Waals surface area contributed by atoms with Crippen molar-refractivity contribution in [1.82, 2.24) is 5.32 Å². The molecule has 1 rings (SSSR count). The maximum atomic E-state index is 5.49. The summed E-state index contributed by atoms with van der Waals surface area (Å²) < 4.78 is 0. The van der Waals surface area contributed by atoms with Gasteiger partial charge in [-0.15, -0.1) is 0 Å². The minimum absolute atomic E-state index is 0.444. The van der Waals surface area contributed by atoms with Crippen LogP contribution in [0.15, 0.2) is 24.3 Å². The van der Waals surface area contributed by atoms with Gasteiger partial charge in [0.1, 0.15) is 0 Å². The average molecular weight is 206 g/mol. The molecule has 0 aliphatic carbocycles. The van der Waals surface area contributed by atoms with Crippen LogP contribution in [-0.2, 0) is 6.42 Å². The maximum absolute atomic E-state index is 5.49. The van der Waals surface area contributed by atoms with Crippen molar-refractivity contribution in [2.24, 2.45) is 5.73 Å². The summed E-state index contributed by atoms with van der Waals surface area (Å²) >= 11 is 0. The summed E-state index contributed by atoms with van der Waals surface area (Å²) in [5.74, 6) is 0. The molecule has 0 aliphatic rings. The second kappa shape index (κ2) is 6.59.